The van der Waals surface area contributed by atoms with Crippen LogP contribution in [0.15, 0.2) is 57.9 Å². The Bertz CT molecular complexity index is 604. The van der Waals surface area contributed by atoms with Crippen LogP contribution in [0.5, 0.6) is 0 Å². The number of anilines is 1. The third-order valence-corrected chi connectivity index (χ3v) is 4.37. The summed E-state index contributed by atoms with van der Waals surface area (Å²) >= 11 is 5.08. The molecule has 0 amide bonds. The predicted octanol–water partition coefficient (Wildman–Crippen LogP) is 4.54. The molecule has 0 aliphatic rings. The molecule has 104 valence electrons. The lowest BCUT2D eigenvalue weighted by atomic mass is 10.3. The van der Waals surface area contributed by atoms with Crippen molar-refractivity contribution in [2.45, 2.75) is 4.90 Å². The second-order valence-electron chi connectivity index (χ2n) is 4.20. The Morgan fingerprint density at radius 3 is 2.60 bits per heavy atom. The summed E-state index contributed by atoms with van der Waals surface area (Å²) < 4.78 is 1.05. The summed E-state index contributed by atoms with van der Waals surface area (Å²) in [4.78, 5) is 13.5. The van der Waals surface area contributed by atoms with Crippen LogP contribution in [0.1, 0.15) is 0 Å². The molecule has 0 aliphatic heterocycles. The summed E-state index contributed by atoms with van der Waals surface area (Å²) in [7, 11) is 1.92. The van der Waals surface area contributed by atoms with Crippen LogP contribution >= 0.6 is 27.7 Å². The smallest absolute Gasteiger partial charge is 0.271 e. The molecule has 0 aliphatic carbocycles. The Labute approximate surface area is 130 Å². The molecule has 4 nitrogen and oxygen atoms in total. The van der Waals surface area contributed by atoms with Gasteiger partial charge in [-0.15, -0.1) is 11.8 Å². The van der Waals surface area contributed by atoms with Crippen LogP contribution in [0.3, 0.4) is 0 Å². The highest BCUT2D eigenvalue weighted by atomic mass is 79.9. The zero-order valence-electron chi connectivity index (χ0n) is 10.8. The molecule has 0 radical (unpaired) electrons. The van der Waals surface area contributed by atoms with E-state index in [4.69, 9.17) is 0 Å². The topological polar surface area (TPSA) is 46.4 Å². The van der Waals surface area contributed by atoms with E-state index < -0.39 is 0 Å². The minimum Gasteiger partial charge on any atom is -0.365 e. The molecule has 0 heterocycles. The van der Waals surface area contributed by atoms with Crippen LogP contribution in [0, 0.1) is 10.1 Å². The van der Waals surface area contributed by atoms with E-state index in [0.717, 1.165) is 20.9 Å². The number of benzene rings is 2. The second kappa shape index (κ2) is 6.76. The number of thioether (sulfide) groups is 1. The van der Waals surface area contributed by atoms with Crippen molar-refractivity contribution in [2.24, 2.45) is 0 Å². The molecule has 0 saturated heterocycles. The molecule has 0 N–H and O–H groups in total. The lowest BCUT2D eigenvalue weighted by molar-refractivity contribution is -0.384. The summed E-state index contributed by atoms with van der Waals surface area (Å²) in [6, 6.07) is 14.7. The highest BCUT2D eigenvalue weighted by Crippen LogP contribution is 2.25. The SMILES string of the molecule is CN(CSc1ccc(Br)cc1)c1cccc([N+](=O)[O-])c1. The monoisotopic (exact) mass is 352 g/mol. The molecule has 2 aromatic rings. The number of hydrogen-bond donors (Lipinski definition) is 0. The standard InChI is InChI=1S/C14H13BrN2O2S/c1-16(10-20-14-7-5-11(15)6-8-14)12-3-2-4-13(9-12)17(18)19/h2-9H,10H2,1H3. The number of nitrogens with zero attached hydrogens (tertiary/aromatic N) is 2. The molecule has 2 rings (SSSR count). The van der Waals surface area contributed by atoms with E-state index in [1.165, 1.54) is 6.07 Å². The van der Waals surface area contributed by atoms with E-state index in [-0.39, 0.29) is 10.6 Å². The van der Waals surface area contributed by atoms with E-state index in [1.54, 1.807) is 23.9 Å². The fourth-order valence-corrected chi connectivity index (χ4v) is 2.71. The van der Waals surface area contributed by atoms with Gasteiger partial charge in [0.1, 0.15) is 0 Å². The normalized spacial score (nSPS) is 10.3. The molecule has 0 aromatic heterocycles. The highest BCUT2D eigenvalue weighted by Gasteiger charge is 2.08. The van der Waals surface area contributed by atoms with Gasteiger partial charge in [-0.25, -0.2) is 0 Å². The summed E-state index contributed by atoms with van der Waals surface area (Å²) in [6.07, 6.45) is 0. The van der Waals surface area contributed by atoms with Crippen LogP contribution in [0.2, 0.25) is 0 Å². The lowest BCUT2D eigenvalue weighted by Crippen LogP contribution is -2.15. The molecule has 0 unspecified atom stereocenters. The van der Waals surface area contributed by atoms with Crippen LogP contribution in [0.4, 0.5) is 11.4 Å². The Balaban J connectivity index is 2.01. The molecule has 0 spiro atoms. The van der Waals surface area contributed by atoms with Crippen molar-refractivity contribution >= 4 is 39.1 Å². The number of nitro benzene ring substituents is 1. The van der Waals surface area contributed by atoms with Crippen LogP contribution in [0.25, 0.3) is 0 Å². The number of nitro groups is 1. The van der Waals surface area contributed by atoms with Gasteiger partial charge in [-0.05, 0) is 30.3 Å². The number of rotatable bonds is 5. The van der Waals surface area contributed by atoms with Crippen LogP contribution in [-0.4, -0.2) is 17.8 Å². The van der Waals surface area contributed by atoms with Gasteiger partial charge in [0, 0.05) is 34.2 Å². The first-order valence-corrected chi connectivity index (χ1v) is 7.68. The largest absolute Gasteiger partial charge is 0.365 e. The van der Waals surface area contributed by atoms with E-state index >= 15 is 0 Å². The molecular formula is C14H13BrN2O2S. The zero-order valence-corrected chi connectivity index (χ0v) is 13.2. The molecule has 0 saturated carbocycles. The maximum atomic E-state index is 10.8. The third-order valence-electron chi connectivity index (χ3n) is 2.72. The van der Waals surface area contributed by atoms with Gasteiger partial charge >= 0.3 is 0 Å². The minimum atomic E-state index is -0.376. The Morgan fingerprint density at radius 2 is 1.95 bits per heavy atom. The summed E-state index contributed by atoms with van der Waals surface area (Å²) in [5, 5.41) is 10.8. The highest BCUT2D eigenvalue weighted by molar-refractivity contribution is 9.10. The second-order valence-corrected chi connectivity index (χ2v) is 6.14. The van der Waals surface area contributed by atoms with E-state index in [2.05, 4.69) is 15.9 Å². The Morgan fingerprint density at radius 1 is 1.25 bits per heavy atom. The average molecular weight is 353 g/mol. The Hall–Kier alpha value is -1.53. The van der Waals surface area contributed by atoms with Crippen molar-refractivity contribution < 1.29 is 4.92 Å². The predicted molar refractivity (Wildman–Crippen MR) is 86.4 cm³/mol. The fraction of sp³-hybridized carbons (Fsp3) is 0.143. The van der Waals surface area contributed by atoms with Crippen molar-refractivity contribution in [2.75, 3.05) is 17.8 Å². The molecule has 0 fully saturated rings. The maximum absolute atomic E-state index is 10.8. The van der Waals surface area contributed by atoms with Gasteiger partial charge in [0.25, 0.3) is 5.69 Å². The quantitative estimate of drug-likeness (QED) is 0.343. The molecule has 2 aromatic carbocycles. The van der Waals surface area contributed by atoms with Gasteiger partial charge in [-0.3, -0.25) is 10.1 Å². The first-order chi connectivity index (χ1) is 9.56. The van der Waals surface area contributed by atoms with Gasteiger partial charge in [-0.1, -0.05) is 22.0 Å². The number of hydrogen-bond acceptors (Lipinski definition) is 4. The van der Waals surface area contributed by atoms with Gasteiger partial charge < -0.3 is 4.90 Å². The summed E-state index contributed by atoms with van der Waals surface area (Å²) in [5.74, 6) is 0.725. The lowest BCUT2D eigenvalue weighted by Gasteiger charge is -2.18. The molecule has 20 heavy (non-hydrogen) atoms. The average Bonchev–Trinajstić information content (AvgIpc) is 2.46. The first-order valence-electron chi connectivity index (χ1n) is 5.90. The van der Waals surface area contributed by atoms with Gasteiger partial charge in [0.2, 0.25) is 0 Å². The molecule has 0 atom stereocenters. The fourth-order valence-electron chi connectivity index (χ4n) is 1.62. The van der Waals surface area contributed by atoms with E-state index in [0.29, 0.717) is 0 Å². The first kappa shape index (κ1) is 14.9. The maximum Gasteiger partial charge on any atom is 0.271 e. The van der Waals surface area contributed by atoms with Gasteiger partial charge in [0.15, 0.2) is 0 Å². The van der Waals surface area contributed by atoms with Crippen LogP contribution < -0.4 is 4.90 Å². The van der Waals surface area contributed by atoms with Crippen molar-refractivity contribution in [3.8, 4) is 0 Å². The number of halogens is 1. The summed E-state index contributed by atoms with van der Waals surface area (Å²) in [6.45, 7) is 0. The molecule has 6 heteroatoms. The van der Waals surface area contributed by atoms with E-state index in [1.807, 2.05) is 42.3 Å². The van der Waals surface area contributed by atoms with Crippen molar-refractivity contribution in [1.82, 2.24) is 0 Å². The van der Waals surface area contributed by atoms with Crippen molar-refractivity contribution in [3.63, 3.8) is 0 Å². The number of non-ortho nitro benzene ring substituents is 1. The minimum absolute atomic E-state index is 0.114. The zero-order chi connectivity index (χ0) is 14.5. The van der Waals surface area contributed by atoms with Crippen LogP contribution in [-0.2, 0) is 0 Å². The van der Waals surface area contributed by atoms with E-state index in [9.17, 15) is 10.1 Å². The molecular weight excluding hydrogens is 340 g/mol. The van der Waals surface area contributed by atoms with Crippen molar-refractivity contribution in [3.05, 3.63) is 63.1 Å². The molecule has 0 bridgehead atoms. The Kier molecular flexibility index (Phi) is 5.03. The van der Waals surface area contributed by atoms with Gasteiger partial charge in [-0.2, -0.15) is 0 Å². The van der Waals surface area contributed by atoms with Gasteiger partial charge in [0.05, 0.1) is 10.8 Å². The summed E-state index contributed by atoms with van der Waals surface area (Å²) in [5.41, 5.74) is 0.951. The third kappa shape index (κ3) is 3.98. The van der Waals surface area contributed by atoms with Crippen molar-refractivity contribution in [1.29, 1.82) is 0 Å².